The Morgan fingerprint density at radius 1 is 1.14 bits per heavy atom. The molecule has 2 aliphatic carbocycles. The number of allylic oxidation sites excluding steroid dienone is 2. The van der Waals surface area contributed by atoms with Crippen molar-refractivity contribution < 1.29 is 22.7 Å². The maximum atomic E-state index is 12.6. The predicted octanol–water partition coefficient (Wildman–Crippen LogP) is 2.94. The van der Waals surface area contributed by atoms with Gasteiger partial charge in [0.05, 0.1) is 12.7 Å². The van der Waals surface area contributed by atoms with Gasteiger partial charge in [-0.15, -0.1) is 0 Å². The fourth-order valence-corrected chi connectivity index (χ4v) is 6.65. The zero-order valence-electron chi connectivity index (χ0n) is 19.8. The molecule has 1 saturated heterocycles. The SMILES string of the molecule is COc1ccc(Cl)cc1C(=O)NCCC1CCN(S(=O)(=O)NC(=O)NC[C@@H]2C[C@@H]3C=C[C@@H]2C3)CC1. The summed E-state index contributed by atoms with van der Waals surface area (Å²) in [6.45, 7) is 1.62. The molecule has 3 aliphatic rings. The van der Waals surface area contributed by atoms with Crippen LogP contribution in [0.5, 0.6) is 5.75 Å². The Kier molecular flexibility index (Phi) is 8.23. The molecule has 35 heavy (non-hydrogen) atoms. The first-order valence-corrected chi connectivity index (χ1v) is 13.9. The molecule has 192 valence electrons. The number of carbonyl (C=O) groups is 2. The Morgan fingerprint density at radius 2 is 1.91 bits per heavy atom. The van der Waals surface area contributed by atoms with Gasteiger partial charge in [-0.2, -0.15) is 12.7 Å². The molecule has 4 rings (SSSR count). The molecular weight excluding hydrogens is 492 g/mol. The summed E-state index contributed by atoms with van der Waals surface area (Å²) < 4.78 is 34.0. The van der Waals surface area contributed by atoms with E-state index in [2.05, 4.69) is 27.5 Å². The molecule has 0 spiro atoms. The van der Waals surface area contributed by atoms with Crippen molar-refractivity contribution in [3.05, 3.63) is 40.9 Å². The molecule has 9 nitrogen and oxygen atoms in total. The molecule has 2 fully saturated rings. The third-order valence-corrected chi connectivity index (χ3v) is 9.04. The van der Waals surface area contributed by atoms with Gasteiger partial charge in [0.15, 0.2) is 0 Å². The van der Waals surface area contributed by atoms with Crippen molar-refractivity contribution in [2.24, 2.45) is 23.7 Å². The molecule has 3 amide bonds. The average molecular weight is 525 g/mol. The molecule has 3 N–H and O–H groups in total. The van der Waals surface area contributed by atoms with Gasteiger partial charge < -0.3 is 15.4 Å². The lowest BCUT2D eigenvalue weighted by molar-refractivity contribution is 0.0947. The van der Waals surface area contributed by atoms with Gasteiger partial charge in [-0.1, -0.05) is 23.8 Å². The number of hydrogen-bond donors (Lipinski definition) is 3. The van der Waals surface area contributed by atoms with Gasteiger partial charge in [-0.05, 0) is 74.0 Å². The van der Waals surface area contributed by atoms with Gasteiger partial charge in [0, 0.05) is 31.2 Å². The van der Waals surface area contributed by atoms with Crippen molar-refractivity contribution in [2.75, 3.05) is 33.3 Å². The molecule has 1 aromatic carbocycles. The maximum Gasteiger partial charge on any atom is 0.329 e. The fraction of sp³-hybridized carbons (Fsp3) is 0.583. The number of piperidine rings is 1. The van der Waals surface area contributed by atoms with E-state index in [1.807, 2.05) is 0 Å². The van der Waals surface area contributed by atoms with E-state index in [-0.39, 0.29) is 11.8 Å². The minimum Gasteiger partial charge on any atom is -0.496 e. The highest BCUT2D eigenvalue weighted by Gasteiger charge is 2.36. The van der Waals surface area contributed by atoms with Gasteiger partial charge in [0.1, 0.15) is 5.75 Å². The van der Waals surface area contributed by atoms with Crippen molar-refractivity contribution in [1.82, 2.24) is 19.7 Å². The van der Waals surface area contributed by atoms with E-state index >= 15 is 0 Å². The Labute approximate surface area is 211 Å². The number of amides is 3. The van der Waals surface area contributed by atoms with Crippen LogP contribution in [-0.2, 0) is 10.2 Å². The largest absolute Gasteiger partial charge is 0.496 e. The predicted molar refractivity (Wildman–Crippen MR) is 134 cm³/mol. The highest BCUT2D eigenvalue weighted by Crippen LogP contribution is 2.42. The Balaban J connectivity index is 1.16. The normalized spacial score (nSPS) is 24.3. The third-order valence-electron chi connectivity index (χ3n) is 7.32. The Morgan fingerprint density at radius 3 is 2.57 bits per heavy atom. The summed E-state index contributed by atoms with van der Waals surface area (Å²) in [5.74, 6) is 1.95. The lowest BCUT2D eigenvalue weighted by atomic mass is 9.94. The van der Waals surface area contributed by atoms with Crippen molar-refractivity contribution in [2.45, 2.75) is 32.1 Å². The van der Waals surface area contributed by atoms with Crippen molar-refractivity contribution in [3.8, 4) is 5.75 Å². The van der Waals surface area contributed by atoms with Crippen LogP contribution in [0.15, 0.2) is 30.4 Å². The summed E-state index contributed by atoms with van der Waals surface area (Å²) in [7, 11) is -2.39. The second-order valence-corrected chi connectivity index (χ2v) is 11.7. The number of urea groups is 1. The van der Waals surface area contributed by atoms with Crippen LogP contribution in [0.25, 0.3) is 0 Å². The molecule has 0 unspecified atom stereocenters. The van der Waals surface area contributed by atoms with Gasteiger partial charge >= 0.3 is 16.2 Å². The maximum absolute atomic E-state index is 12.6. The number of hydrogen-bond acceptors (Lipinski definition) is 5. The number of fused-ring (bicyclic) bond motifs is 2. The third kappa shape index (κ3) is 6.48. The molecule has 0 radical (unpaired) electrons. The summed E-state index contributed by atoms with van der Waals surface area (Å²) in [5, 5.41) is 6.07. The highest BCUT2D eigenvalue weighted by molar-refractivity contribution is 7.87. The second-order valence-electron chi connectivity index (χ2n) is 9.59. The number of ether oxygens (including phenoxy) is 1. The smallest absolute Gasteiger partial charge is 0.329 e. The van der Waals surface area contributed by atoms with Crippen LogP contribution in [0.4, 0.5) is 4.79 Å². The lowest BCUT2D eigenvalue weighted by Gasteiger charge is -2.31. The first kappa shape index (κ1) is 25.8. The van der Waals surface area contributed by atoms with Crippen LogP contribution in [0, 0.1) is 23.7 Å². The van der Waals surface area contributed by atoms with Crippen LogP contribution < -0.4 is 20.1 Å². The summed E-state index contributed by atoms with van der Waals surface area (Å²) in [6, 6.07) is 4.21. The summed E-state index contributed by atoms with van der Waals surface area (Å²) >= 11 is 5.99. The number of benzene rings is 1. The second kappa shape index (κ2) is 11.2. The zero-order valence-corrected chi connectivity index (χ0v) is 21.4. The van der Waals surface area contributed by atoms with Gasteiger partial charge in [0.2, 0.25) is 0 Å². The highest BCUT2D eigenvalue weighted by atomic mass is 35.5. The summed E-state index contributed by atoms with van der Waals surface area (Å²) in [5.41, 5.74) is 0.377. The van der Waals surface area contributed by atoms with E-state index in [1.165, 1.54) is 11.4 Å². The monoisotopic (exact) mass is 524 g/mol. The lowest BCUT2D eigenvalue weighted by Crippen LogP contribution is -2.50. The molecule has 3 atom stereocenters. The van der Waals surface area contributed by atoms with Crippen molar-refractivity contribution in [3.63, 3.8) is 0 Å². The quantitative estimate of drug-likeness (QED) is 0.429. The molecule has 1 saturated carbocycles. The Hall–Kier alpha value is -2.30. The van der Waals surface area contributed by atoms with Crippen LogP contribution in [0.2, 0.25) is 5.02 Å². The van der Waals surface area contributed by atoms with Crippen molar-refractivity contribution >= 4 is 33.7 Å². The van der Waals surface area contributed by atoms with E-state index in [4.69, 9.17) is 16.3 Å². The van der Waals surface area contributed by atoms with E-state index in [0.29, 0.717) is 73.1 Å². The molecule has 1 aliphatic heterocycles. The van der Waals surface area contributed by atoms with Crippen LogP contribution in [0.3, 0.4) is 0 Å². The summed E-state index contributed by atoms with van der Waals surface area (Å²) in [6.07, 6.45) is 8.69. The zero-order chi connectivity index (χ0) is 25.0. The van der Waals surface area contributed by atoms with Gasteiger partial charge in [-0.25, -0.2) is 9.52 Å². The number of rotatable bonds is 9. The topological polar surface area (TPSA) is 117 Å². The number of carbonyl (C=O) groups excluding carboxylic acids is 2. The van der Waals surface area contributed by atoms with E-state index in [1.54, 1.807) is 18.2 Å². The van der Waals surface area contributed by atoms with E-state index in [9.17, 15) is 18.0 Å². The summed E-state index contributed by atoms with van der Waals surface area (Å²) in [4.78, 5) is 24.7. The number of halogens is 1. The Bertz CT molecular complexity index is 1070. The molecular formula is C24H33ClN4O5S. The average Bonchev–Trinajstić information content (AvgIpc) is 3.46. The molecule has 1 aromatic rings. The standard InChI is InChI=1S/C24H33ClN4O5S/c1-34-22-5-4-20(25)14-21(22)23(30)26-9-6-16-7-10-29(11-8-16)35(32,33)28-24(31)27-15-19-13-17-2-3-18(19)12-17/h2-5,14,16-19H,6-13,15H2,1H3,(H,26,30)(H2,27,28,31)/t17-,18-,19+/m1/s1. The molecule has 1 heterocycles. The van der Waals surface area contributed by atoms with Crippen molar-refractivity contribution in [1.29, 1.82) is 0 Å². The van der Waals surface area contributed by atoms with Crippen LogP contribution >= 0.6 is 11.6 Å². The van der Waals surface area contributed by atoms with E-state index < -0.39 is 16.2 Å². The van der Waals surface area contributed by atoms with Crippen LogP contribution in [0.1, 0.15) is 42.5 Å². The van der Waals surface area contributed by atoms with E-state index in [0.717, 1.165) is 19.3 Å². The minimum absolute atomic E-state index is 0.263. The first-order chi connectivity index (χ1) is 16.7. The van der Waals surface area contributed by atoms with Gasteiger partial charge in [-0.3, -0.25) is 4.79 Å². The molecule has 2 bridgehead atoms. The number of methoxy groups -OCH3 is 1. The number of nitrogens with one attached hydrogen (secondary N) is 3. The number of nitrogens with zero attached hydrogens (tertiary/aromatic N) is 1. The fourth-order valence-electron chi connectivity index (χ4n) is 5.35. The molecule has 11 heteroatoms. The van der Waals surface area contributed by atoms with Crippen LogP contribution in [-0.4, -0.2) is 58.0 Å². The van der Waals surface area contributed by atoms with Gasteiger partial charge in [0.25, 0.3) is 5.91 Å². The first-order valence-electron chi connectivity index (χ1n) is 12.1. The molecule has 0 aromatic heterocycles. The minimum atomic E-state index is -3.88.